The summed E-state index contributed by atoms with van der Waals surface area (Å²) in [6, 6.07) is 8.95. The molecule has 7 heteroatoms. The van der Waals surface area contributed by atoms with Crippen LogP contribution in [0.25, 0.3) is 0 Å². The zero-order valence-electron chi connectivity index (χ0n) is 16.4. The SMILES string of the molecule is CC(NC(=O)C1CCCCN1C(=O)c1cccs1)c1ccc2c(c1)CCC(=O)N2. The molecule has 0 spiro atoms. The predicted octanol–water partition coefficient (Wildman–Crippen LogP) is 3.50. The van der Waals surface area contributed by atoms with Gasteiger partial charge in [-0.25, -0.2) is 0 Å². The number of nitrogens with one attached hydrogen (secondary N) is 2. The number of carbonyl (C=O) groups is 3. The number of amides is 3. The maximum absolute atomic E-state index is 13.0. The van der Waals surface area contributed by atoms with Crippen molar-refractivity contribution in [2.75, 3.05) is 11.9 Å². The van der Waals surface area contributed by atoms with Gasteiger partial charge in [0.1, 0.15) is 6.04 Å². The highest BCUT2D eigenvalue weighted by molar-refractivity contribution is 7.12. The molecule has 29 heavy (non-hydrogen) atoms. The second-order valence-electron chi connectivity index (χ2n) is 7.68. The van der Waals surface area contributed by atoms with E-state index in [-0.39, 0.29) is 23.8 Å². The summed E-state index contributed by atoms with van der Waals surface area (Å²) in [5, 5.41) is 7.86. The number of anilines is 1. The monoisotopic (exact) mass is 411 g/mol. The molecule has 0 saturated carbocycles. The summed E-state index contributed by atoms with van der Waals surface area (Å²) < 4.78 is 0. The molecule has 3 heterocycles. The third-order valence-electron chi connectivity index (χ3n) is 5.68. The van der Waals surface area contributed by atoms with E-state index in [0.717, 1.165) is 29.7 Å². The first-order valence-electron chi connectivity index (χ1n) is 10.1. The molecule has 1 fully saturated rings. The highest BCUT2D eigenvalue weighted by atomic mass is 32.1. The number of hydrogen-bond acceptors (Lipinski definition) is 4. The normalized spacial score (nSPS) is 19.8. The van der Waals surface area contributed by atoms with Crippen molar-refractivity contribution in [3.8, 4) is 0 Å². The summed E-state index contributed by atoms with van der Waals surface area (Å²) >= 11 is 1.41. The fourth-order valence-electron chi connectivity index (χ4n) is 4.05. The molecule has 2 aliphatic rings. The van der Waals surface area contributed by atoms with Gasteiger partial charge in [-0.15, -0.1) is 11.3 Å². The van der Waals surface area contributed by atoms with Gasteiger partial charge in [-0.05, 0) is 61.2 Å². The van der Waals surface area contributed by atoms with E-state index in [1.54, 1.807) is 4.90 Å². The van der Waals surface area contributed by atoms with Crippen LogP contribution in [0.3, 0.4) is 0 Å². The smallest absolute Gasteiger partial charge is 0.264 e. The van der Waals surface area contributed by atoms with Crippen molar-refractivity contribution in [3.63, 3.8) is 0 Å². The second-order valence-corrected chi connectivity index (χ2v) is 8.63. The first-order valence-corrected chi connectivity index (χ1v) is 11.0. The number of likely N-dealkylation sites (tertiary alicyclic amines) is 1. The summed E-state index contributed by atoms with van der Waals surface area (Å²) in [5.74, 6) is -0.121. The molecule has 1 aromatic carbocycles. The summed E-state index contributed by atoms with van der Waals surface area (Å²) in [6.07, 6.45) is 3.75. The van der Waals surface area contributed by atoms with E-state index in [0.29, 0.717) is 30.7 Å². The van der Waals surface area contributed by atoms with Crippen LogP contribution in [-0.2, 0) is 16.0 Å². The van der Waals surface area contributed by atoms with Gasteiger partial charge < -0.3 is 15.5 Å². The van der Waals surface area contributed by atoms with E-state index in [2.05, 4.69) is 16.7 Å². The van der Waals surface area contributed by atoms with Gasteiger partial charge in [-0.1, -0.05) is 18.2 Å². The zero-order valence-corrected chi connectivity index (χ0v) is 17.3. The van der Waals surface area contributed by atoms with E-state index in [9.17, 15) is 14.4 Å². The van der Waals surface area contributed by atoms with E-state index in [1.165, 1.54) is 11.3 Å². The lowest BCUT2D eigenvalue weighted by molar-refractivity contribution is -0.127. The number of fused-ring (bicyclic) bond motifs is 1. The van der Waals surface area contributed by atoms with Crippen molar-refractivity contribution in [1.29, 1.82) is 0 Å². The standard InChI is InChI=1S/C22H25N3O3S/c1-14(15-7-9-17-16(13-15)8-10-20(26)24-17)23-21(27)18-5-2-3-11-25(18)22(28)19-6-4-12-29-19/h4,6-7,9,12-14,18H,2-3,5,8,10-11H2,1H3,(H,23,27)(H,24,26). The van der Waals surface area contributed by atoms with E-state index >= 15 is 0 Å². The lowest BCUT2D eigenvalue weighted by Crippen LogP contribution is -2.52. The van der Waals surface area contributed by atoms with Crippen LogP contribution in [0.4, 0.5) is 5.69 Å². The van der Waals surface area contributed by atoms with Gasteiger partial charge in [0, 0.05) is 18.7 Å². The van der Waals surface area contributed by atoms with Gasteiger partial charge in [-0.2, -0.15) is 0 Å². The van der Waals surface area contributed by atoms with Crippen LogP contribution in [0.5, 0.6) is 0 Å². The number of carbonyl (C=O) groups excluding carboxylic acids is 3. The molecule has 0 bridgehead atoms. The third kappa shape index (κ3) is 4.19. The maximum Gasteiger partial charge on any atom is 0.264 e. The first-order chi connectivity index (χ1) is 14.0. The van der Waals surface area contributed by atoms with Gasteiger partial charge in [0.2, 0.25) is 11.8 Å². The average molecular weight is 412 g/mol. The third-order valence-corrected chi connectivity index (χ3v) is 6.54. The number of rotatable bonds is 4. The fourth-order valence-corrected chi connectivity index (χ4v) is 4.73. The lowest BCUT2D eigenvalue weighted by atomic mass is 9.97. The Kier molecular flexibility index (Phi) is 5.67. The highest BCUT2D eigenvalue weighted by Gasteiger charge is 2.33. The molecule has 1 aromatic heterocycles. The number of nitrogens with zero attached hydrogens (tertiary/aromatic N) is 1. The summed E-state index contributed by atoms with van der Waals surface area (Å²) in [7, 11) is 0. The molecule has 4 rings (SSSR count). The Morgan fingerprint density at radius 2 is 2.10 bits per heavy atom. The quantitative estimate of drug-likeness (QED) is 0.808. The van der Waals surface area contributed by atoms with E-state index in [1.807, 2.05) is 36.6 Å². The highest BCUT2D eigenvalue weighted by Crippen LogP contribution is 2.27. The minimum atomic E-state index is -0.433. The van der Waals surface area contributed by atoms with Gasteiger partial charge in [-0.3, -0.25) is 14.4 Å². The van der Waals surface area contributed by atoms with Crippen LogP contribution < -0.4 is 10.6 Å². The van der Waals surface area contributed by atoms with E-state index in [4.69, 9.17) is 0 Å². The fraction of sp³-hybridized carbons (Fsp3) is 0.409. The molecule has 0 aliphatic carbocycles. The van der Waals surface area contributed by atoms with Crippen molar-refractivity contribution < 1.29 is 14.4 Å². The minimum absolute atomic E-state index is 0.0411. The zero-order chi connectivity index (χ0) is 20.4. The van der Waals surface area contributed by atoms with Gasteiger partial charge in [0.05, 0.1) is 10.9 Å². The molecule has 3 amide bonds. The van der Waals surface area contributed by atoms with E-state index < -0.39 is 6.04 Å². The van der Waals surface area contributed by atoms with Crippen LogP contribution in [0.15, 0.2) is 35.7 Å². The van der Waals surface area contributed by atoms with Crippen LogP contribution in [-0.4, -0.2) is 35.2 Å². The largest absolute Gasteiger partial charge is 0.348 e. The summed E-state index contributed by atoms with van der Waals surface area (Å²) in [6.45, 7) is 2.57. The Morgan fingerprint density at radius 3 is 2.90 bits per heavy atom. The Balaban J connectivity index is 1.46. The Labute approximate surface area is 174 Å². The molecule has 6 nitrogen and oxygen atoms in total. The first kappa shape index (κ1) is 19.6. The molecule has 0 radical (unpaired) electrons. The molecule has 2 atom stereocenters. The molecular weight excluding hydrogens is 386 g/mol. The van der Waals surface area contributed by atoms with Crippen LogP contribution in [0, 0.1) is 0 Å². The van der Waals surface area contributed by atoms with Crippen LogP contribution in [0.2, 0.25) is 0 Å². The summed E-state index contributed by atoms with van der Waals surface area (Å²) in [4.78, 5) is 39.8. The predicted molar refractivity (Wildman–Crippen MR) is 113 cm³/mol. The van der Waals surface area contributed by atoms with Gasteiger partial charge in [0.15, 0.2) is 0 Å². The number of hydrogen-bond donors (Lipinski definition) is 2. The molecule has 2 unspecified atom stereocenters. The van der Waals surface area contributed by atoms with Crippen molar-refractivity contribution in [3.05, 3.63) is 51.7 Å². The Hall–Kier alpha value is -2.67. The molecule has 2 aliphatic heterocycles. The molecular formula is C22H25N3O3S. The molecule has 152 valence electrons. The van der Waals surface area contributed by atoms with Crippen molar-refractivity contribution in [1.82, 2.24) is 10.2 Å². The van der Waals surface area contributed by atoms with Gasteiger partial charge >= 0.3 is 0 Å². The molecule has 2 N–H and O–H groups in total. The molecule has 2 aromatic rings. The topological polar surface area (TPSA) is 78.5 Å². The second kappa shape index (κ2) is 8.37. The molecule has 1 saturated heterocycles. The Morgan fingerprint density at radius 1 is 1.24 bits per heavy atom. The van der Waals surface area contributed by atoms with Crippen molar-refractivity contribution in [2.24, 2.45) is 0 Å². The average Bonchev–Trinajstić information content (AvgIpc) is 3.27. The van der Waals surface area contributed by atoms with Crippen LogP contribution >= 0.6 is 11.3 Å². The number of thiophene rings is 1. The number of aryl methyl sites for hydroxylation is 1. The number of benzene rings is 1. The summed E-state index contributed by atoms with van der Waals surface area (Å²) in [5.41, 5.74) is 2.94. The number of piperidine rings is 1. The Bertz CT molecular complexity index is 925. The maximum atomic E-state index is 13.0. The minimum Gasteiger partial charge on any atom is -0.348 e. The lowest BCUT2D eigenvalue weighted by Gasteiger charge is -2.35. The van der Waals surface area contributed by atoms with Gasteiger partial charge in [0.25, 0.3) is 5.91 Å². The van der Waals surface area contributed by atoms with Crippen molar-refractivity contribution in [2.45, 2.75) is 51.1 Å². The van der Waals surface area contributed by atoms with Crippen molar-refractivity contribution >= 4 is 34.7 Å². The van der Waals surface area contributed by atoms with Crippen LogP contribution in [0.1, 0.15) is 59.4 Å².